The quantitative estimate of drug-likeness (QED) is 0.441. The van der Waals surface area contributed by atoms with Crippen LogP contribution in [-0.2, 0) is 41.9 Å². The fraction of sp³-hybridized carbons (Fsp3) is 0.778. The molecule has 0 aliphatic carbocycles. The van der Waals surface area contributed by atoms with Gasteiger partial charge < -0.3 is 6.42 Å². The van der Waals surface area contributed by atoms with Gasteiger partial charge in [0.15, 0.2) is 0 Å². The Labute approximate surface area is 105 Å². The summed E-state index contributed by atoms with van der Waals surface area (Å²) in [6, 6.07) is 0. The van der Waals surface area contributed by atoms with Gasteiger partial charge in [0, 0.05) is 0 Å². The Kier molecular flexibility index (Phi) is 9.22. The van der Waals surface area contributed by atoms with Crippen LogP contribution < -0.4 is 0 Å². The summed E-state index contributed by atoms with van der Waals surface area (Å²) in [7, 11) is 0. The van der Waals surface area contributed by atoms with E-state index < -0.39 is 5.12 Å². The summed E-state index contributed by atoms with van der Waals surface area (Å²) < 4.78 is 5.77. The topological polar surface area (TPSA) is 9.23 Å². The summed E-state index contributed by atoms with van der Waals surface area (Å²) in [5, 5.41) is -0.894. The maximum atomic E-state index is 5.77. The molecular formula is C9H19OPVW. The van der Waals surface area contributed by atoms with Crippen LogP contribution in [0.4, 0.5) is 0 Å². The minimum Gasteiger partial charge on any atom is 2.00 e. The zero-order valence-corrected chi connectivity index (χ0v) is 14.1. The van der Waals surface area contributed by atoms with Crippen molar-refractivity contribution in [3.8, 4) is 0 Å². The van der Waals surface area contributed by atoms with Crippen LogP contribution in [0.3, 0.4) is 0 Å². The van der Waals surface area contributed by atoms with E-state index >= 15 is 0 Å². The molecule has 0 amide bonds. The Hall–Kier alpha value is 1.66. The van der Waals surface area contributed by atoms with E-state index in [0.29, 0.717) is 0 Å². The Balaban J connectivity index is 0. The second kappa shape index (κ2) is 7.02. The molecule has 0 N–H and O–H groups in total. The third-order valence-corrected chi connectivity index (χ3v) is 6.09. The van der Waals surface area contributed by atoms with Gasteiger partial charge in [0.05, 0.1) is 0 Å². The second-order valence-corrected chi connectivity index (χ2v) is 14.6. The Bertz CT molecular complexity index is 182. The molecule has 0 spiro atoms. The molecule has 4 heteroatoms. The average molecular weight is 409 g/mol. The van der Waals surface area contributed by atoms with Gasteiger partial charge in [0.2, 0.25) is 0 Å². The van der Waals surface area contributed by atoms with E-state index in [0.717, 1.165) is 6.42 Å². The maximum Gasteiger partial charge on any atom is 2.00 e. The molecule has 0 aromatic carbocycles. The van der Waals surface area contributed by atoms with Gasteiger partial charge in [-0.2, -0.15) is 13.8 Å². The molecule has 1 radical (unpaired) electrons. The fourth-order valence-electron chi connectivity index (χ4n) is 0.997. The zero-order valence-electron chi connectivity index (χ0n) is 8.91. The van der Waals surface area contributed by atoms with Crippen LogP contribution in [0.15, 0.2) is 0 Å². The van der Waals surface area contributed by atoms with Crippen molar-refractivity contribution in [1.29, 1.82) is 0 Å². The first kappa shape index (κ1) is 17.1. The number of rotatable bonds is 0. The molecule has 1 heterocycles. The molecule has 0 aromatic rings. The van der Waals surface area contributed by atoms with Crippen molar-refractivity contribution >= 4 is 5.12 Å². The molecule has 1 rings (SSSR count). The largest absolute Gasteiger partial charge is 2.00 e. The normalized spacial score (nSPS) is 37.3. The summed E-state index contributed by atoms with van der Waals surface area (Å²) in [4.78, 5) is 0. The van der Waals surface area contributed by atoms with Crippen LogP contribution in [-0.4, -0.2) is 18.4 Å². The van der Waals surface area contributed by atoms with Crippen molar-refractivity contribution in [2.24, 2.45) is 0 Å². The minimum atomic E-state index is -0.894. The van der Waals surface area contributed by atoms with Crippen molar-refractivity contribution < 1.29 is 41.9 Å². The van der Waals surface area contributed by atoms with Gasteiger partial charge in [-0.05, 0) is 0 Å². The Morgan fingerprint density at radius 3 is 2.00 bits per heavy atom. The van der Waals surface area contributed by atoms with E-state index in [4.69, 9.17) is 4.52 Å². The SMILES string of the molecule is C[CH-]C.[CH2-]C1(C)CC[P](C)(=[W])O1.[V+2]. The van der Waals surface area contributed by atoms with E-state index in [1.54, 1.807) is 18.8 Å². The molecule has 0 aromatic heterocycles. The summed E-state index contributed by atoms with van der Waals surface area (Å²) in [5.41, 5.74) is -0.0513. The predicted molar refractivity (Wildman–Crippen MR) is 52.8 cm³/mol. The van der Waals surface area contributed by atoms with Crippen molar-refractivity contribution in [1.82, 2.24) is 0 Å². The predicted octanol–water partition coefficient (Wildman–Crippen LogP) is 3.25. The summed E-state index contributed by atoms with van der Waals surface area (Å²) in [6.07, 6.45) is 4.43. The summed E-state index contributed by atoms with van der Waals surface area (Å²) >= 11 is 1.63. The number of hydrogen-bond acceptors (Lipinski definition) is 1. The van der Waals surface area contributed by atoms with Gasteiger partial charge in [-0.1, -0.05) is 0 Å². The smallest absolute Gasteiger partial charge is 2.00 e. The van der Waals surface area contributed by atoms with Crippen molar-refractivity contribution in [3.63, 3.8) is 0 Å². The molecule has 0 saturated carbocycles. The first-order valence-electron chi connectivity index (χ1n) is 4.19. The third kappa shape index (κ3) is 8.64. The van der Waals surface area contributed by atoms with Crippen LogP contribution in [0.2, 0.25) is 0 Å². The number of hydrogen-bond donors (Lipinski definition) is 0. The van der Waals surface area contributed by atoms with Crippen LogP contribution in [0, 0.1) is 13.3 Å². The molecule has 1 aliphatic rings. The average Bonchev–Trinajstić information content (AvgIpc) is 2.06. The summed E-state index contributed by atoms with van der Waals surface area (Å²) in [6.45, 7) is 12.3. The van der Waals surface area contributed by atoms with E-state index in [-0.39, 0.29) is 24.2 Å². The first-order chi connectivity index (χ1) is 5.33. The van der Waals surface area contributed by atoms with Crippen LogP contribution in [0.5, 0.6) is 0 Å². The molecule has 13 heavy (non-hydrogen) atoms. The summed E-state index contributed by atoms with van der Waals surface area (Å²) in [5.74, 6) is 0. The standard InChI is InChI=1S/C6H12OP.C3H7.V.W/c1-6(2)4-5-8(3)7-6;1-3-2;;/h1,4-5H2,2-3H3;3H,1-2H3;;/q2*-1;+2;. The minimum absolute atomic E-state index is 0. The van der Waals surface area contributed by atoms with Gasteiger partial charge in [-0.25, -0.2) is 0 Å². The van der Waals surface area contributed by atoms with Crippen LogP contribution >= 0.6 is 5.12 Å². The first-order valence-corrected chi connectivity index (χ1v) is 10.4. The molecule has 1 nitrogen and oxygen atoms in total. The monoisotopic (exact) mass is 409 g/mol. The van der Waals surface area contributed by atoms with Gasteiger partial charge in [0.25, 0.3) is 0 Å². The molecule has 1 fully saturated rings. The zero-order chi connectivity index (χ0) is 9.83. The molecular weight excluding hydrogens is 390 g/mol. The van der Waals surface area contributed by atoms with Gasteiger partial charge >= 0.3 is 85.7 Å². The van der Waals surface area contributed by atoms with Crippen LogP contribution in [0.25, 0.3) is 0 Å². The Morgan fingerprint density at radius 1 is 1.54 bits per heavy atom. The Morgan fingerprint density at radius 2 is 1.92 bits per heavy atom. The second-order valence-electron chi connectivity index (χ2n) is 3.61. The molecule has 0 bridgehead atoms. The van der Waals surface area contributed by atoms with E-state index in [9.17, 15) is 0 Å². The van der Waals surface area contributed by atoms with Crippen molar-refractivity contribution in [3.05, 3.63) is 13.3 Å². The van der Waals surface area contributed by atoms with Crippen molar-refractivity contribution in [2.75, 3.05) is 12.8 Å². The third-order valence-electron chi connectivity index (χ3n) is 1.46. The van der Waals surface area contributed by atoms with Gasteiger partial charge in [-0.15, -0.1) is 0 Å². The molecule has 1 saturated heterocycles. The van der Waals surface area contributed by atoms with Gasteiger partial charge in [-0.3, -0.25) is 0 Å². The van der Waals surface area contributed by atoms with E-state index in [2.05, 4.69) is 20.5 Å². The molecule has 2 atom stereocenters. The fourth-order valence-corrected chi connectivity index (χ4v) is 5.91. The molecule has 2 unspecified atom stereocenters. The van der Waals surface area contributed by atoms with E-state index in [1.165, 1.54) is 6.16 Å². The van der Waals surface area contributed by atoms with Crippen LogP contribution in [0.1, 0.15) is 27.2 Å². The molecule has 77 valence electrons. The van der Waals surface area contributed by atoms with Crippen molar-refractivity contribution in [2.45, 2.75) is 32.8 Å². The van der Waals surface area contributed by atoms with E-state index in [1.807, 2.05) is 20.3 Å². The molecule has 1 aliphatic heterocycles. The maximum absolute atomic E-state index is 5.77. The van der Waals surface area contributed by atoms with Gasteiger partial charge in [0.1, 0.15) is 0 Å².